The van der Waals surface area contributed by atoms with Crippen molar-refractivity contribution >= 4 is 10.0 Å². The lowest BCUT2D eigenvalue weighted by molar-refractivity contribution is -0.137. The number of nitrogens with zero attached hydrogens (tertiary/aromatic N) is 2. The Morgan fingerprint density at radius 3 is 2.47 bits per heavy atom. The molecule has 0 amide bonds. The molecule has 1 aliphatic carbocycles. The summed E-state index contributed by atoms with van der Waals surface area (Å²) < 4.78 is 75.0. The van der Waals surface area contributed by atoms with E-state index >= 15 is 0 Å². The Balaban J connectivity index is 2.38. The quantitative estimate of drug-likeness (QED) is 0.798. The van der Waals surface area contributed by atoms with Gasteiger partial charge in [0.15, 0.2) is 5.82 Å². The second-order valence-electron chi connectivity index (χ2n) is 4.19. The Kier molecular flexibility index (Phi) is 3.52. The van der Waals surface area contributed by atoms with Gasteiger partial charge in [-0.25, -0.2) is 17.8 Å². The van der Waals surface area contributed by atoms with Gasteiger partial charge in [-0.2, -0.15) is 17.5 Å². The summed E-state index contributed by atoms with van der Waals surface area (Å²) in [5.74, 6) is -1.16. The molecule has 1 fully saturated rings. The maximum Gasteiger partial charge on any atom is 0.402 e. The van der Waals surface area contributed by atoms with Gasteiger partial charge in [0.1, 0.15) is 6.54 Å². The second kappa shape index (κ2) is 4.71. The summed E-state index contributed by atoms with van der Waals surface area (Å²) in [6.07, 6.45) is -2.98. The van der Waals surface area contributed by atoms with Crippen LogP contribution < -0.4 is 0 Å². The van der Waals surface area contributed by atoms with Gasteiger partial charge in [0, 0.05) is 12.2 Å². The molecule has 19 heavy (non-hydrogen) atoms. The van der Waals surface area contributed by atoms with Crippen LogP contribution in [0.3, 0.4) is 0 Å². The SMILES string of the molecule is O=S(=O)(c1ncccc1F)N(CC(F)(F)F)C1CC1. The monoisotopic (exact) mass is 298 g/mol. The van der Waals surface area contributed by atoms with E-state index in [1.165, 1.54) is 6.07 Å². The average molecular weight is 298 g/mol. The summed E-state index contributed by atoms with van der Waals surface area (Å²) in [6.45, 7) is -1.63. The van der Waals surface area contributed by atoms with Gasteiger partial charge in [0.25, 0.3) is 10.0 Å². The highest BCUT2D eigenvalue weighted by atomic mass is 32.2. The molecule has 0 bridgehead atoms. The normalized spacial score (nSPS) is 16.9. The molecule has 1 heterocycles. The highest BCUT2D eigenvalue weighted by Gasteiger charge is 2.45. The predicted molar refractivity (Wildman–Crippen MR) is 57.2 cm³/mol. The van der Waals surface area contributed by atoms with E-state index in [0.717, 1.165) is 12.3 Å². The summed E-state index contributed by atoms with van der Waals surface area (Å²) in [6, 6.07) is 1.28. The third-order valence-corrected chi connectivity index (χ3v) is 4.40. The Hall–Kier alpha value is -1.22. The van der Waals surface area contributed by atoms with Gasteiger partial charge in [0.2, 0.25) is 5.03 Å². The molecule has 1 saturated carbocycles. The van der Waals surface area contributed by atoms with E-state index in [-0.39, 0.29) is 4.31 Å². The Morgan fingerprint density at radius 2 is 2.00 bits per heavy atom. The first-order chi connectivity index (χ1) is 8.72. The first-order valence-corrected chi connectivity index (χ1v) is 6.85. The Labute approximate surface area is 107 Å². The van der Waals surface area contributed by atoms with Gasteiger partial charge in [-0.05, 0) is 25.0 Å². The number of sulfonamides is 1. The van der Waals surface area contributed by atoms with Crippen LogP contribution in [-0.2, 0) is 10.0 Å². The van der Waals surface area contributed by atoms with Crippen LogP contribution in [0.15, 0.2) is 23.4 Å². The van der Waals surface area contributed by atoms with Crippen molar-refractivity contribution in [2.75, 3.05) is 6.54 Å². The molecule has 4 nitrogen and oxygen atoms in total. The molecule has 0 atom stereocenters. The van der Waals surface area contributed by atoms with Crippen LogP contribution in [0.25, 0.3) is 0 Å². The van der Waals surface area contributed by atoms with Crippen LogP contribution in [0.1, 0.15) is 12.8 Å². The Bertz CT molecular complexity index is 569. The minimum absolute atomic E-state index is 0.276. The topological polar surface area (TPSA) is 50.3 Å². The number of halogens is 4. The lowest BCUT2D eigenvalue weighted by Gasteiger charge is -2.22. The molecule has 0 aromatic carbocycles. The van der Waals surface area contributed by atoms with Crippen LogP contribution in [0.2, 0.25) is 0 Å². The van der Waals surface area contributed by atoms with E-state index in [0.29, 0.717) is 12.8 Å². The van der Waals surface area contributed by atoms with Crippen molar-refractivity contribution < 1.29 is 26.0 Å². The van der Waals surface area contributed by atoms with Gasteiger partial charge >= 0.3 is 6.18 Å². The standard InChI is InChI=1S/C10H10F4N2O2S/c11-8-2-1-5-15-9(8)19(17,18)16(7-3-4-7)6-10(12,13)14/h1-2,5,7H,3-4,6H2. The number of aromatic nitrogens is 1. The molecule has 1 aromatic rings. The van der Waals surface area contributed by atoms with E-state index in [9.17, 15) is 26.0 Å². The largest absolute Gasteiger partial charge is 0.402 e. The third kappa shape index (κ3) is 3.21. The summed E-state index contributed by atoms with van der Waals surface area (Å²) in [5, 5.41) is -0.967. The minimum atomic E-state index is -4.68. The molecule has 0 saturated heterocycles. The van der Waals surface area contributed by atoms with Gasteiger partial charge in [-0.1, -0.05) is 0 Å². The first kappa shape index (κ1) is 14.2. The summed E-state index contributed by atoms with van der Waals surface area (Å²) >= 11 is 0. The number of pyridine rings is 1. The summed E-state index contributed by atoms with van der Waals surface area (Å²) in [7, 11) is -4.57. The fraction of sp³-hybridized carbons (Fsp3) is 0.500. The van der Waals surface area contributed by atoms with E-state index in [2.05, 4.69) is 4.98 Å². The van der Waals surface area contributed by atoms with Gasteiger partial charge in [0.05, 0.1) is 0 Å². The summed E-state index contributed by atoms with van der Waals surface area (Å²) in [5.41, 5.74) is 0. The average Bonchev–Trinajstić information content (AvgIpc) is 3.08. The minimum Gasteiger partial charge on any atom is -0.241 e. The predicted octanol–water partition coefficient (Wildman–Crippen LogP) is 1.94. The van der Waals surface area contributed by atoms with E-state index in [1.807, 2.05) is 0 Å². The van der Waals surface area contributed by atoms with E-state index in [1.54, 1.807) is 0 Å². The van der Waals surface area contributed by atoms with Crippen molar-refractivity contribution in [2.45, 2.75) is 30.1 Å². The Morgan fingerprint density at radius 1 is 1.37 bits per heavy atom. The highest BCUT2D eigenvalue weighted by molar-refractivity contribution is 7.89. The third-order valence-electron chi connectivity index (χ3n) is 2.57. The molecule has 0 spiro atoms. The summed E-state index contributed by atoms with van der Waals surface area (Å²) in [4.78, 5) is 3.34. The fourth-order valence-electron chi connectivity index (χ4n) is 1.62. The maximum absolute atomic E-state index is 13.4. The second-order valence-corrected chi connectivity index (χ2v) is 5.99. The van der Waals surface area contributed by atoms with Gasteiger partial charge in [-0.3, -0.25) is 0 Å². The van der Waals surface area contributed by atoms with Crippen molar-refractivity contribution in [3.8, 4) is 0 Å². The zero-order valence-corrected chi connectivity index (χ0v) is 10.4. The fourth-order valence-corrected chi connectivity index (χ4v) is 3.27. The van der Waals surface area contributed by atoms with Crippen LogP contribution in [0.5, 0.6) is 0 Å². The lowest BCUT2D eigenvalue weighted by atomic mass is 10.5. The molecule has 106 valence electrons. The maximum atomic E-state index is 13.4. The molecule has 0 unspecified atom stereocenters. The zero-order chi connectivity index (χ0) is 14.3. The van der Waals surface area contributed by atoms with Crippen molar-refractivity contribution in [1.82, 2.24) is 9.29 Å². The molecular formula is C10H10F4N2O2S. The molecule has 1 aromatic heterocycles. The molecule has 9 heteroatoms. The molecule has 0 N–H and O–H groups in total. The van der Waals surface area contributed by atoms with Gasteiger partial charge in [-0.15, -0.1) is 0 Å². The first-order valence-electron chi connectivity index (χ1n) is 5.41. The van der Waals surface area contributed by atoms with Crippen molar-refractivity contribution in [1.29, 1.82) is 0 Å². The highest BCUT2D eigenvalue weighted by Crippen LogP contribution is 2.34. The molecule has 2 rings (SSSR count). The molecular weight excluding hydrogens is 288 g/mol. The smallest absolute Gasteiger partial charge is 0.241 e. The van der Waals surface area contributed by atoms with Crippen LogP contribution >= 0.6 is 0 Å². The number of hydrogen-bond acceptors (Lipinski definition) is 3. The number of hydrogen-bond donors (Lipinski definition) is 0. The van der Waals surface area contributed by atoms with Crippen molar-refractivity contribution in [3.63, 3.8) is 0 Å². The van der Waals surface area contributed by atoms with Crippen LogP contribution in [-0.4, -0.2) is 36.5 Å². The zero-order valence-electron chi connectivity index (χ0n) is 9.56. The number of alkyl halides is 3. The van der Waals surface area contributed by atoms with Crippen molar-refractivity contribution in [3.05, 3.63) is 24.1 Å². The molecule has 0 aliphatic heterocycles. The lowest BCUT2D eigenvalue weighted by Crippen LogP contribution is -2.41. The van der Waals surface area contributed by atoms with E-state index in [4.69, 9.17) is 0 Å². The molecule has 1 aliphatic rings. The molecule has 0 radical (unpaired) electrons. The number of rotatable bonds is 4. The van der Waals surface area contributed by atoms with Crippen molar-refractivity contribution in [2.24, 2.45) is 0 Å². The van der Waals surface area contributed by atoms with Crippen LogP contribution in [0, 0.1) is 5.82 Å². The van der Waals surface area contributed by atoms with Crippen LogP contribution in [0.4, 0.5) is 17.6 Å². The van der Waals surface area contributed by atoms with E-state index < -0.39 is 39.6 Å². The van der Waals surface area contributed by atoms with Gasteiger partial charge < -0.3 is 0 Å².